The van der Waals surface area contributed by atoms with E-state index in [1.165, 1.54) is 0 Å². The second-order valence-electron chi connectivity index (χ2n) is 5.63. The average molecular weight is 454 g/mol. The lowest BCUT2D eigenvalue weighted by Gasteiger charge is -2.07. The zero-order valence-electron chi connectivity index (χ0n) is 14.6. The fourth-order valence-corrected chi connectivity index (χ4v) is 2.87. The number of anilines is 1. The fourth-order valence-electron chi connectivity index (χ4n) is 2.26. The lowest BCUT2D eigenvalue weighted by atomic mass is 10.2. The van der Waals surface area contributed by atoms with Crippen molar-refractivity contribution in [2.24, 2.45) is 5.10 Å². The van der Waals surface area contributed by atoms with Gasteiger partial charge in [-0.3, -0.25) is 5.43 Å². The largest absolute Gasteiger partial charge is 0.423 e. The van der Waals surface area contributed by atoms with Crippen molar-refractivity contribution in [3.63, 3.8) is 0 Å². The molecule has 0 aromatic heterocycles. The lowest BCUT2D eigenvalue weighted by Crippen LogP contribution is -2.23. The van der Waals surface area contributed by atoms with Gasteiger partial charge in [0.1, 0.15) is 5.75 Å². The van der Waals surface area contributed by atoms with Crippen LogP contribution in [-0.4, -0.2) is 17.3 Å². The summed E-state index contributed by atoms with van der Waals surface area (Å²) in [6, 6.07) is 23.7. The molecule has 28 heavy (non-hydrogen) atoms. The predicted octanol–water partition coefficient (Wildman–Crippen LogP) is 4.99. The summed E-state index contributed by atoms with van der Waals surface area (Å²) in [5.74, 6) is 0.0278. The van der Waals surface area contributed by atoms with Crippen molar-refractivity contribution in [1.82, 2.24) is 5.43 Å². The van der Waals surface area contributed by atoms with Crippen molar-refractivity contribution in [1.29, 1.82) is 0 Å². The number of para-hydroxylation sites is 1. The van der Waals surface area contributed by atoms with Crippen molar-refractivity contribution < 1.29 is 9.53 Å². The number of nitrogens with one attached hydrogen (secondary N) is 2. The highest BCUT2D eigenvalue weighted by molar-refractivity contribution is 9.10. The summed E-state index contributed by atoms with van der Waals surface area (Å²) in [6.07, 6.45) is 1.62. The van der Waals surface area contributed by atoms with E-state index in [1.807, 2.05) is 36.4 Å². The highest BCUT2D eigenvalue weighted by atomic mass is 79.9. The maximum Gasteiger partial charge on any atom is 0.344 e. The van der Waals surface area contributed by atoms with Crippen molar-refractivity contribution in [3.05, 3.63) is 94.5 Å². The lowest BCUT2D eigenvalue weighted by molar-refractivity contribution is 0.0734. The molecule has 5 nitrogen and oxygen atoms in total. The number of hydrogen-bond acceptors (Lipinski definition) is 4. The first-order chi connectivity index (χ1) is 13.6. The van der Waals surface area contributed by atoms with Crippen LogP contribution in [0.1, 0.15) is 15.9 Å². The van der Waals surface area contributed by atoms with E-state index in [0.717, 1.165) is 11.3 Å². The third kappa shape index (κ3) is 5.73. The Morgan fingerprint density at radius 3 is 2.36 bits per heavy atom. The van der Waals surface area contributed by atoms with Crippen LogP contribution in [0.4, 0.5) is 5.69 Å². The van der Waals surface area contributed by atoms with Gasteiger partial charge < -0.3 is 10.1 Å². The molecule has 2 N–H and O–H groups in total. The van der Waals surface area contributed by atoms with Gasteiger partial charge in [-0.1, -0.05) is 30.3 Å². The zero-order chi connectivity index (χ0) is 19.8. The predicted molar refractivity (Wildman–Crippen MR) is 119 cm³/mol. The molecular weight excluding hydrogens is 438 g/mol. The van der Waals surface area contributed by atoms with Crippen molar-refractivity contribution in [2.45, 2.75) is 0 Å². The van der Waals surface area contributed by atoms with Gasteiger partial charge in [-0.2, -0.15) is 5.10 Å². The molecule has 3 aromatic carbocycles. The van der Waals surface area contributed by atoms with Crippen LogP contribution in [0.2, 0.25) is 0 Å². The van der Waals surface area contributed by atoms with Gasteiger partial charge in [-0.25, -0.2) is 4.79 Å². The maximum absolute atomic E-state index is 12.2. The van der Waals surface area contributed by atoms with Crippen LogP contribution in [0, 0.1) is 0 Å². The Balaban J connectivity index is 1.52. The minimum atomic E-state index is -0.423. The first-order valence-corrected chi connectivity index (χ1v) is 9.54. The first-order valence-electron chi connectivity index (χ1n) is 8.34. The van der Waals surface area contributed by atoms with E-state index in [0.29, 0.717) is 20.9 Å². The molecule has 0 spiro atoms. The van der Waals surface area contributed by atoms with E-state index < -0.39 is 5.97 Å². The summed E-state index contributed by atoms with van der Waals surface area (Å²) in [6.45, 7) is 0. The maximum atomic E-state index is 12.2. The first kappa shape index (κ1) is 19.7. The van der Waals surface area contributed by atoms with Crippen LogP contribution in [0.5, 0.6) is 5.75 Å². The molecule has 0 heterocycles. The Labute approximate surface area is 176 Å². The Morgan fingerprint density at radius 1 is 0.964 bits per heavy atom. The number of nitrogens with zero attached hydrogens (tertiary/aromatic N) is 1. The number of halogens is 1. The number of hydrogen-bond donors (Lipinski definition) is 2. The summed E-state index contributed by atoms with van der Waals surface area (Å²) < 4.78 is 6.08. The van der Waals surface area contributed by atoms with Gasteiger partial charge in [-0.05, 0) is 82.2 Å². The van der Waals surface area contributed by atoms with E-state index >= 15 is 0 Å². The molecule has 0 saturated heterocycles. The van der Waals surface area contributed by atoms with Crippen LogP contribution >= 0.6 is 28.1 Å². The van der Waals surface area contributed by atoms with Gasteiger partial charge in [0.2, 0.25) is 0 Å². The highest BCUT2D eigenvalue weighted by Gasteiger charge is 2.11. The molecule has 0 fully saturated rings. The second-order valence-corrected chi connectivity index (χ2v) is 6.89. The number of hydrazone groups is 1. The minimum absolute atomic E-state index is 0.390. The number of benzene rings is 3. The number of rotatable bonds is 5. The molecule has 0 amide bonds. The van der Waals surface area contributed by atoms with E-state index in [1.54, 1.807) is 48.7 Å². The second kappa shape index (κ2) is 9.77. The molecule has 3 rings (SSSR count). The molecule has 0 radical (unpaired) electrons. The van der Waals surface area contributed by atoms with E-state index in [-0.39, 0.29) is 0 Å². The fraction of sp³-hybridized carbons (Fsp3) is 0. The van der Waals surface area contributed by atoms with Crippen LogP contribution in [0.25, 0.3) is 0 Å². The van der Waals surface area contributed by atoms with Crippen molar-refractivity contribution in [2.75, 3.05) is 5.32 Å². The summed E-state index contributed by atoms with van der Waals surface area (Å²) >= 11 is 8.52. The zero-order valence-corrected chi connectivity index (χ0v) is 17.0. The smallest absolute Gasteiger partial charge is 0.344 e. The van der Waals surface area contributed by atoms with E-state index in [2.05, 4.69) is 31.8 Å². The summed E-state index contributed by atoms with van der Waals surface area (Å²) in [5.41, 5.74) is 4.93. The monoisotopic (exact) mass is 453 g/mol. The molecular formula is C21H16BrN3O2S. The van der Waals surface area contributed by atoms with Crippen LogP contribution in [0.15, 0.2) is 88.4 Å². The summed E-state index contributed by atoms with van der Waals surface area (Å²) in [7, 11) is 0. The minimum Gasteiger partial charge on any atom is -0.423 e. The summed E-state index contributed by atoms with van der Waals surface area (Å²) in [4.78, 5) is 12.2. The molecule has 0 aliphatic carbocycles. The number of carbonyl (C=O) groups is 1. The molecule has 0 unspecified atom stereocenters. The van der Waals surface area contributed by atoms with Gasteiger partial charge in [-0.15, -0.1) is 0 Å². The SMILES string of the molecule is O=C(Oc1ccc(/C=N/NC(=S)Nc2ccccc2)cc1)c1ccccc1Br. The van der Waals surface area contributed by atoms with Crippen LogP contribution in [-0.2, 0) is 0 Å². The Kier molecular flexibility index (Phi) is 6.89. The molecule has 140 valence electrons. The molecule has 0 bridgehead atoms. The normalized spacial score (nSPS) is 10.5. The van der Waals surface area contributed by atoms with Gasteiger partial charge >= 0.3 is 5.97 Å². The van der Waals surface area contributed by atoms with E-state index in [9.17, 15) is 4.79 Å². The highest BCUT2D eigenvalue weighted by Crippen LogP contribution is 2.19. The van der Waals surface area contributed by atoms with Gasteiger partial charge in [0.25, 0.3) is 0 Å². The third-order valence-corrected chi connectivity index (χ3v) is 4.48. The average Bonchev–Trinajstić information content (AvgIpc) is 2.70. The van der Waals surface area contributed by atoms with E-state index in [4.69, 9.17) is 17.0 Å². The Morgan fingerprint density at radius 2 is 1.64 bits per heavy atom. The van der Waals surface area contributed by atoms with Crippen LogP contribution < -0.4 is 15.5 Å². The summed E-state index contributed by atoms with van der Waals surface area (Å²) in [5, 5.41) is 7.51. The third-order valence-electron chi connectivity index (χ3n) is 3.60. The Bertz CT molecular complexity index is 992. The van der Waals surface area contributed by atoms with Crippen molar-refractivity contribution in [3.8, 4) is 5.75 Å². The molecule has 7 heteroatoms. The number of carbonyl (C=O) groups excluding carboxylic acids is 1. The molecule has 3 aromatic rings. The number of esters is 1. The number of ether oxygens (including phenoxy) is 1. The van der Waals surface area contributed by atoms with Gasteiger partial charge in [0.15, 0.2) is 5.11 Å². The van der Waals surface area contributed by atoms with Crippen LogP contribution in [0.3, 0.4) is 0 Å². The van der Waals surface area contributed by atoms with Gasteiger partial charge in [0.05, 0.1) is 11.8 Å². The molecule has 0 aliphatic heterocycles. The Hall–Kier alpha value is -3.03. The molecule has 0 atom stereocenters. The van der Waals surface area contributed by atoms with Gasteiger partial charge in [0, 0.05) is 10.2 Å². The quantitative estimate of drug-likeness (QED) is 0.187. The molecule has 0 saturated carbocycles. The molecule has 0 aliphatic rings. The number of thiocarbonyl (C=S) groups is 1. The van der Waals surface area contributed by atoms with Crippen molar-refractivity contribution >= 4 is 51.1 Å². The topological polar surface area (TPSA) is 62.7 Å². The standard InChI is InChI=1S/C21H16BrN3O2S/c22-19-9-5-4-8-18(19)20(26)27-17-12-10-15(11-13-17)14-23-25-21(28)24-16-6-2-1-3-7-16/h1-14H,(H2,24,25,28)/b23-14+.